The van der Waals surface area contributed by atoms with E-state index >= 15 is 0 Å². The van der Waals surface area contributed by atoms with Gasteiger partial charge in [0.2, 0.25) is 0 Å². The van der Waals surface area contributed by atoms with Crippen molar-refractivity contribution < 1.29 is 4.52 Å². The van der Waals surface area contributed by atoms with Crippen LogP contribution in [0.2, 0.25) is 0 Å². The normalized spacial score (nSPS) is 12.7. The van der Waals surface area contributed by atoms with Crippen molar-refractivity contribution in [3.05, 3.63) is 28.8 Å². The zero-order valence-electron chi connectivity index (χ0n) is 12.1. The average Bonchev–Trinajstić information content (AvgIpc) is 2.13. The van der Waals surface area contributed by atoms with Crippen LogP contribution in [-0.2, 0) is 10.8 Å². The molecule has 0 spiro atoms. The van der Waals surface area contributed by atoms with Crippen LogP contribution < -0.4 is 4.52 Å². The predicted octanol–water partition coefficient (Wildman–Crippen LogP) is 4.76. The highest BCUT2D eigenvalue weighted by Gasteiger charge is 2.24. The molecule has 0 saturated heterocycles. The standard InChI is InChI=1S/C15H25OP/c1-10-8-11(14(2,3)4)9-12(13(10)16-17)15(5,6)7/h8-9H,17H2,1-7H3. The van der Waals surface area contributed by atoms with Crippen LogP contribution in [-0.4, -0.2) is 0 Å². The summed E-state index contributed by atoms with van der Waals surface area (Å²) in [5.41, 5.74) is 4.11. The van der Waals surface area contributed by atoms with Gasteiger partial charge in [0, 0.05) is 5.56 Å². The second kappa shape index (κ2) is 4.61. The SMILES string of the molecule is Cc1cc(C(C)(C)C)cc(C(C)(C)C)c1OP. The second-order valence-electron chi connectivity index (χ2n) is 6.79. The van der Waals surface area contributed by atoms with Gasteiger partial charge in [0.15, 0.2) is 0 Å². The lowest BCUT2D eigenvalue weighted by Crippen LogP contribution is -2.17. The Bertz CT molecular complexity index is 408. The molecule has 1 nitrogen and oxygen atoms in total. The molecule has 0 aromatic heterocycles. The molecule has 0 bridgehead atoms. The Morgan fingerprint density at radius 1 is 0.941 bits per heavy atom. The lowest BCUT2D eigenvalue weighted by atomic mass is 9.79. The topological polar surface area (TPSA) is 9.23 Å². The summed E-state index contributed by atoms with van der Waals surface area (Å²) < 4.78 is 5.49. The van der Waals surface area contributed by atoms with E-state index in [9.17, 15) is 0 Å². The molecule has 1 atom stereocenters. The zero-order valence-corrected chi connectivity index (χ0v) is 13.3. The van der Waals surface area contributed by atoms with Crippen molar-refractivity contribution in [1.82, 2.24) is 0 Å². The van der Waals surface area contributed by atoms with E-state index in [1.54, 1.807) is 0 Å². The van der Waals surface area contributed by atoms with Gasteiger partial charge in [-0.3, -0.25) is 0 Å². The maximum atomic E-state index is 5.49. The molecule has 17 heavy (non-hydrogen) atoms. The molecule has 0 amide bonds. The van der Waals surface area contributed by atoms with Gasteiger partial charge >= 0.3 is 0 Å². The molecule has 0 heterocycles. The smallest absolute Gasteiger partial charge is 0.129 e. The van der Waals surface area contributed by atoms with Gasteiger partial charge in [-0.05, 0) is 28.9 Å². The first-order chi connectivity index (χ1) is 7.57. The van der Waals surface area contributed by atoms with Gasteiger partial charge < -0.3 is 4.52 Å². The lowest BCUT2D eigenvalue weighted by molar-refractivity contribution is 0.533. The van der Waals surface area contributed by atoms with Crippen LogP contribution in [0.4, 0.5) is 0 Å². The van der Waals surface area contributed by atoms with E-state index in [0.717, 1.165) is 5.75 Å². The summed E-state index contributed by atoms with van der Waals surface area (Å²) in [6, 6.07) is 4.51. The molecule has 1 rings (SSSR count). The van der Waals surface area contributed by atoms with Crippen molar-refractivity contribution in [2.45, 2.75) is 59.3 Å². The van der Waals surface area contributed by atoms with Gasteiger partial charge in [-0.15, -0.1) is 0 Å². The molecule has 0 aliphatic heterocycles. The Morgan fingerprint density at radius 3 is 1.82 bits per heavy atom. The summed E-state index contributed by atoms with van der Waals surface area (Å²) in [5, 5.41) is 0. The fraction of sp³-hybridized carbons (Fsp3) is 0.600. The van der Waals surface area contributed by atoms with Crippen LogP contribution in [0.25, 0.3) is 0 Å². The monoisotopic (exact) mass is 252 g/mol. The fourth-order valence-corrected chi connectivity index (χ4v) is 2.23. The van der Waals surface area contributed by atoms with E-state index in [1.807, 2.05) is 0 Å². The first-order valence-corrected chi connectivity index (χ1v) is 6.57. The summed E-state index contributed by atoms with van der Waals surface area (Å²) in [7, 11) is 2.37. The highest BCUT2D eigenvalue weighted by Crippen LogP contribution is 2.38. The molecule has 1 unspecified atom stereocenters. The molecule has 0 N–H and O–H groups in total. The molecule has 0 saturated carbocycles. The van der Waals surface area contributed by atoms with Crippen molar-refractivity contribution in [2.24, 2.45) is 0 Å². The maximum absolute atomic E-state index is 5.49. The van der Waals surface area contributed by atoms with Gasteiger partial charge in [-0.1, -0.05) is 53.7 Å². The summed E-state index contributed by atoms with van der Waals surface area (Å²) in [4.78, 5) is 0. The van der Waals surface area contributed by atoms with Crippen molar-refractivity contribution >= 4 is 9.47 Å². The number of hydrogen-bond acceptors (Lipinski definition) is 1. The summed E-state index contributed by atoms with van der Waals surface area (Å²) in [6.45, 7) is 15.5. The van der Waals surface area contributed by atoms with Crippen LogP contribution >= 0.6 is 9.47 Å². The minimum Gasteiger partial charge on any atom is -0.480 e. The Labute approximate surface area is 108 Å². The molecular formula is C15H25OP. The highest BCUT2D eigenvalue weighted by atomic mass is 31.0. The average molecular weight is 252 g/mol. The number of hydrogen-bond donors (Lipinski definition) is 0. The van der Waals surface area contributed by atoms with Crippen LogP contribution in [0.1, 0.15) is 58.2 Å². The molecule has 0 aliphatic rings. The minimum absolute atomic E-state index is 0.0952. The Hall–Kier alpha value is -0.550. The predicted molar refractivity (Wildman–Crippen MR) is 78.9 cm³/mol. The van der Waals surface area contributed by atoms with Gasteiger partial charge in [0.05, 0.1) is 9.47 Å². The molecule has 0 aliphatic carbocycles. The molecule has 1 aromatic carbocycles. The zero-order chi connectivity index (χ0) is 13.4. The Balaban J connectivity index is 3.51. The van der Waals surface area contributed by atoms with E-state index in [0.29, 0.717) is 0 Å². The van der Waals surface area contributed by atoms with Gasteiger partial charge in [-0.2, -0.15) is 0 Å². The molecule has 0 radical (unpaired) electrons. The van der Waals surface area contributed by atoms with Crippen molar-refractivity contribution in [1.29, 1.82) is 0 Å². The number of aryl methyl sites for hydroxylation is 1. The third-order valence-corrected chi connectivity index (χ3v) is 3.30. The fourth-order valence-electron chi connectivity index (χ4n) is 1.92. The van der Waals surface area contributed by atoms with Crippen molar-refractivity contribution in [2.75, 3.05) is 0 Å². The molecule has 96 valence electrons. The Kier molecular flexibility index (Phi) is 3.94. The first kappa shape index (κ1) is 14.5. The van der Waals surface area contributed by atoms with Gasteiger partial charge in [-0.25, -0.2) is 0 Å². The van der Waals surface area contributed by atoms with Crippen molar-refractivity contribution in [3.8, 4) is 5.75 Å². The third-order valence-electron chi connectivity index (χ3n) is 3.07. The van der Waals surface area contributed by atoms with E-state index in [1.165, 1.54) is 16.7 Å². The molecule has 1 aromatic rings. The Morgan fingerprint density at radius 2 is 1.47 bits per heavy atom. The highest BCUT2D eigenvalue weighted by molar-refractivity contribution is 7.10. The number of benzene rings is 1. The van der Waals surface area contributed by atoms with E-state index in [2.05, 4.69) is 70.1 Å². The van der Waals surface area contributed by atoms with Gasteiger partial charge in [0.25, 0.3) is 0 Å². The number of rotatable bonds is 1. The van der Waals surface area contributed by atoms with E-state index in [-0.39, 0.29) is 10.8 Å². The quantitative estimate of drug-likeness (QED) is 0.655. The van der Waals surface area contributed by atoms with Crippen LogP contribution in [0, 0.1) is 6.92 Å². The maximum Gasteiger partial charge on any atom is 0.129 e. The van der Waals surface area contributed by atoms with E-state index < -0.39 is 0 Å². The first-order valence-electron chi connectivity index (χ1n) is 6.09. The largest absolute Gasteiger partial charge is 0.480 e. The molecule has 0 fully saturated rings. The molecular weight excluding hydrogens is 227 g/mol. The summed E-state index contributed by atoms with van der Waals surface area (Å²) in [5.74, 6) is 0.996. The lowest BCUT2D eigenvalue weighted by Gasteiger charge is -2.28. The van der Waals surface area contributed by atoms with E-state index in [4.69, 9.17) is 4.52 Å². The third kappa shape index (κ3) is 3.22. The molecule has 2 heteroatoms. The van der Waals surface area contributed by atoms with Crippen molar-refractivity contribution in [3.63, 3.8) is 0 Å². The second-order valence-corrected chi connectivity index (χ2v) is 7.02. The summed E-state index contributed by atoms with van der Waals surface area (Å²) >= 11 is 0. The van der Waals surface area contributed by atoms with Crippen LogP contribution in [0.15, 0.2) is 12.1 Å². The van der Waals surface area contributed by atoms with Crippen LogP contribution in [0.5, 0.6) is 5.75 Å². The van der Waals surface area contributed by atoms with Gasteiger partial charge in [0.1, 0.15) is 5.75 Å². The minimum atomic E-state index is 0.0952. The van der Waals surface area contributed by atoms with Crippen LogP contribution in [0.3, 0.4) is 0 Å². The summed E-state index contributed by atoms with van der Waals surface area (Å²) in [6.07, 6.45) is 0.